The Morgan fingerprint density at radius 2 is 1.87 bits per heavy atom. The third-order valence-electron chi connectivity index (χ3n) is 5.96. The lowest BCUT2D eigenvalue weighted by Gasteiger charge is -2.50. The van der Waals surface area contributed by atoms with Gasteiger partial charge in [0.1, 0.15) is 19.8 Å². The molecule has 2 unspecified atom stereocenters. The Morgan fingerprint density at radius 3 is 2.48 bits per heavy atom. The fourth-order valence-electron chi connectivity index (χ4n) is 4.04. The van der Waals surface area contributed by atoms with Gasteiger partial charge < -0.3 is 10.1 Å². The van der Waals surface area contributed by atoms with Crippen LogP contribution in [0.3, 0.4) is 0 Å². The van der Waals surface area contributed by atoms with E-state index in [1.54, 1.807) is 12.4 Å². The second-order valence-electron chi connectivity index (χ2n) is 7.76. The van der Waals surface area contributed by atoms with Gasteiger partial charge in [0.2, 0.25) is 0 Å². The number of aromatic nitrogens is 5. The van der Waals surface area contributed by atoms with Gasteiger partial charge in [-0.05, 0) is 6.07 Å². The number of nitrogens with zero attached hydrogens (tertiary/aromatic N) is 5. The van der Waals surface area contributed by atoms with Gasteiger partial charge in [-0.3, -0.25) is 0 Å². The fourth-order valence-corrected chi connectivity index (χ4v) is 4.04. The first-order chi connectivity index (χ1) is 14.4. The Kier molecular flexibility index (Phi) is 4.71. The quantitative estimate of drug-likeness (QED) is 0.444. The number of H-pyrrole nitrogens is 1. The van der Waals surface area contributed by atoms with Crippen molar-refractivity contribution in [2.45, 2.75) is 21.1 Å². The summed E-state index contributed by atoms with van der Waals surface area (Å²) in [5, 5.41) is 18.8. The van der Waals surface area contributed by atoms with Crippen molar-refractivity contribution in [2.75, 3.05) is 0 Å². The highest BCUT2D eigenvalue weighted by atomic mass is 16.3. The standard InChI is InChI=1S/C17H9B7N6O/c18-14(19)12(15(20,31)17(23,24)16(14,21)22)10(1-3-25)30-6-8(5-29-30)11-9-2-4-26-13(9)28-7-27-11/h1-2,4-7,12,31H,(H,26,27,28)/b10-1-. The molecule has 1 aliphatic carbocycles. The predicted molar refractivity (Wildman–Crippen MR) is 122 cm³/mol. The fraction of sp³-hybridized carbons (Fsp3) is 0.294. The molecular weight excluding hydrogens is 380 g/mol. The summed E-state index contributed by atoms with van der Waals surface area (Å²) < 4.78 is 1.26. The van der Waals surface area contributed by atoms with E-state index < -0.39 is 27.1 Å². The summed E-state index contributed by atoms with van der Waals surface area (Å²) in [6, 6.07) is 3.66. The number of allylic oxidation sites excluding steroid dienone is 1. The van der Waals surface area contributed by atoms with E-state index in [0.29, 0.717) is 16.9 Å². The van der Waals surface area contributed by atoms with Gasteiger partial charge in [-0.1, -0.05) is 10.4 Å². The van der Waals surface area contributed by atoms with E-state index in [1.807, 2.05) is 12.1 Å². The van der Waals surface area contributed by atoms with E-state index in [4.69, 9.17) is 54.9 Å². The van der Waals surface area contributed by atoms with Crippen molar-refractivity contribution in [2.24, 2.45) is 5.92 Å². The molecule has 0 spiro atoms. The number of nitriles is 1. The van der Waals surface area contributed by atoms with E-state index in [-0.39, 0.29) is 5.70 Å². The average molecular weight is 389 g/mol. The summed E-state index contributed by atoms with van der Waals surface area (Å²) in [6.45, 7) is 0. The largest absolute Gasteiger partial charge is 0.400 e. The number of aliphatic hydroxyl groups is 1. The highest BCUT2D eigenvalue weighted by Crippen LogP contribution is 2.74. The zero-order valence-electron chi connectivity index (χ0n) is 16.3. The highest BCUT2D eigenvalue weighted by molar-refractivity contribution is 6.65. The van der Waals surface area contributed by atoms with Crippen LogP contribution in [0.4, 0.5) is 0 Å². The molecule has 7 nitrogen and oxygen atoms in total. The van der Waals surface area contributed by atoms with Crippen molar-refractivity contribution in [1.29, 1.82) is 5.26 Å². The molecule has 3 aromatic rings. The van der Waals surface area contributed by atoms with Crippen molar-refractivity contribution >= 4 is 71.7 Å². The Balaban J connectivity index is 1.86. The Labute approximate surface area is 188 Å². The van der Waals surface area contributed by atoms with Crippen LogP contribution in [0, 0.1) is 17.2 Å². The van der Waals surface area contributed by atoms with E-state index in [2.05, 4.69) is 20.1 Å². The van der Waals surface area contributed by atoms with Crippen LogP contribution in [0.1, 0.15) is 0 Å². The minimum atomic E-state index is -2.50. The molecule has 1 aliphatic rings. The Bertz CT molecular complexity index is 1210. The molecule has 3 heterocycles. The number of fused-ring (bicyclic) bond motifs is 1. The molecule has 134 valence electrons. The molecule has 4 rings (SSSR count). The smallest absolute Gasteiger partial charge is 0.141 e. The third-order valence-corrected chi connectivity index (χ3v) is 5.96. The van der Waals surface area contributed by atoms with E-state index >= 15 is 0 Å². The van der Waals surface area contributed by atoms with Crippen molar-refractivity contribution in [3.63, 3.8) is 0 Å². The maximum absolute atomic E-state index is 11.0. The van der Waals surface area contributed by atoms with Gasteiger partial charge in [-0.2, -0.15) is 10.4 Å². The summed E-state index contributed by atoms with van der Waals surface area (Å²) in [4.78, 5) is 11.4. The molecule has 0 saturated heterocycles. The average Bonchev–Trinajstić information content (AvgIpc) is 3.37. The monoisotopic (exact) mass is 390 g/mol. The lowest BCUT2D eigenvalue weighted by Crippen LogP contribution is -2.49. The minimum Gasteiger partial charge on any atom is -0.400 e. The van der Waals surface area contributed by atoms with E-state index in [9.17, 15) is 10.4 Å². The first-order valence-corrected chi connectivity index (χ1v) is 9.05. The van der Waals surface area contributed by atoms with Crippen LogP contribution in [0.15, 0.2) is 37.1 Å². The molecule has 1 fully saturated rings. The number of hydrogen-bond acceptors (Lipinski definition) is 5. The van der Waals surface area contributed by atoms with Crippen LogP contribution < -0.4 is 0 Å². The lowest BCUT2D eigenvalue weighted by molar-refractivity contribution is 0.0943. The summed E-state index contributed by atoms with van der Waals surface area (Å²) in [7, 11) is 42.5. The topological polar surface area (TPSA) is 103 Å². The van der Waals surface area contributed by atoms with Crippen molar-refractivity contribution < 1.29 is 5.11 Å². The molecule has 2 atom stereocenters. The summed E-state index contributed by atoms with van der Waals surface area (Å²) in [6.07, 6.45) is 7.22. The van der Waals surface area contributed by atoms with Crippen LogP contribution in [-0.2, 0) is 0 Å². The van der Waals surface area contributed by atoms with Crippen molar-refractivity contribution in [3.05, 3.63) is 37.1 Å². The van der Waals surface area contributed by atoms with Gasteiger partial charge in [0, 0.05) is 40.8 Å². The molecule has 1 saturated carbocycles. The van der Waals surface area contributed by atoms with Crippen molar-refractivity contribution in [3.8, 4) is 17.3 Å². The number of rotatable bonds is 3. The zero-order chi connectivity index (χ0) is 22.8. The molecule has 14 heteroatoms. The number of hydrogen-bond donors (Lipinski definition) is 2. The third kappa shape index (κ3) is 2.75. The van der Waals surface area contributed by atoms with Gasteiger partial charge in [-0.25, -0.2) is 14.6 Å². The molecule has 3 aromatic heterocycles. The van der Waals surface area contributed by atoms with Crippen molar-refractivity contribution in [1.82, 2.24) is 24.7 Å². The molecule has 0 amide bonds. The van der Waals surface area contributed by atoms with Crippen LogP contribution in [-0.4, -0.2) is 90.3 Å². The number of aromatic amines is 1. The molecular formula is C17H9B7N6O. The van der Waals surface area contributed by atoms with Gasteiger partial charge in [0.15, 0.2) is 0 Å². The van der Waals surface area contributed by atoms with Crippen LogP contribution in [0.5, 0.6) is 0 Å². The molecule has 14 radical (unpaired) electrons. The first kappa shape index (κ1) is 21.7. The van der Waals surface area contributed by atoms with Crippen LogP contribution in [0.25, 0.3) is 28.0 Å². The van der Waals surface area contributed by atoms with Gasteiger partial charge >= 0.3 is 0 Å². The molecule has 0 bridgehead atoms. The molecule has 0 aliphatic heterocycles. The number of nitrogens with one attached hydrogen (secondary N) is 1. The SMILES string of the molecule is [B]C1([B])C(/C(=C/C#N)n2cc(-c3ncnc4[nH]ccc34)cn2)C([B])(O)C([B])([B])C1([B])[B]. The second kappa shape index (κ2) is 6.73. The van der Waals surface area contributed by atoms with Gasteiger partial charge in [0.25, 0.3) is 0 Å². The Morgan fingerprint density at radius 1 is 1.16 bits per heavy atom. The molecule has 2 N–H and O–H groups in total. The lowest BCUT2D eigenvalue weighted by atomic mass is 9.20. The maximum atomic E-state index is 11.0. The van der Waals surface area contributed by atoms with E-state index in [0.717, 1.165) is 11.5 Å². The second-order valence-corrected chi connectivity index (χ2v) is 7.76. The molecule has 0 aromatic carbocycles. The Hall–Kier alpha value is -2.53. The normalized spacial score (nSPS) is 26.6. The van der Waals surface area contributed by atoms with E-state index in [1.165, 1.54) is 17.2 Å². The molecule has 31 heavy (non-hydrogen) atoms. The van der Waals surface area contributed by atoms with Gasteiger partial charge in [0.05, 0.1) is 70.7 Å². The summed E-state index contributed by atoms with van der Waals surface area (Å²) in [5.41, 5.74) is -0.729. The highest BCUT2D eigenvalue weighted by Gasteiger charge is 2.67. The van der Waals surface area contributed by atoms with Crippen LogP contribution in [0.2, 0.25) is 15.6 Å². The first-order valence-electron chi connectivity index (χ1n) is 9.05. The zero-order valence-corrected chi connectivity index (χ0v) is 16.3. The van der Waals surface area contributed by atoms with Gasteiger partial charge in [-0.15, -0.1) is 5.21 Å². The summed E-state index contributed by atoms with van der Waals surface area (Å²) >= 11 is 0. The van der Waals surface area contributed by atoms with Crippen LogP contribution >= 0.6 is 0 Å². The maximum Gasteiger partial charge on any atom is 0.141 e. The minimum absolute atomic E-state index is 0.0128. The predicted octanol–water partition coefficient (Wildman–Crippen LogP) is -0.968. The summed E-state index contributed by atoms with van der Waals surface area (Å²) in [5.74, 6) is -1.48.